The van der Waals surface area contributed by atoms with Gasteiger partial charge in [-0.25, -0.2) is 0 Å². The third-order valence-electron chi connectivity index (χ3n) is 6.99. The molecule has 0 aliphatic carbocycles. The summed E-state index contributed by atoms with van der Waals surface area (Å²) in [5, 5.41) is 0. The predicted octanol–water partition coefficient (Wildman–Crippen LogP) is 4.79. The van der Waals surface area contributed by atoms with Crippen molar-refractivity contribution in [3.05, 3.63) is 94.3 Å². The number of hydrogen-bond donors (Lipinski definition) is 0. The van der Waals surface area contributed by atoms with Gasteiger partial charge in [0.1, 0.15) is 11.6 Å². The summed E-state index contributed by atoms with van der Waals surface area (Å²) in [5.41, 5.74) is 13.6. The maximum atomic E-state index is 10.0. The minimum Gasteiger partial charge on any atom is -0.361 e. The van der Waals surface area contributed by atoms with Crippen LogP contribution in [0.4, 0.5) is 5.69 Å². The van der Waals surface area contributed by atoms with Crippen LogP contribution in [0.3, 0.4) is 0 Å². The monoisotopic (exact) mass is 703 g/mol. The maximum Gasteiger partial charge on any atom is 2.00 e. The van der Waals surface area contributed by atoms with Crippen LogP contribution in [0.25, 0.3) is 0 Å². The molecular formula is C33H41BN2O2Pt+2. The van der Waals surface area contributed by atoms with E-state index in [0.717, 1.165) is 6.67 Å². The first-order valence-electron chi connectivity index (χ1n) is 13.3. The molecule has 1 aliphatic heterocycles. The standard InChI is InChI=1S/C28H33BN2.C5H8O2.Pt/c1-19-14-21(3)27(22(4)15-19)29(28-23(5)16-20(2)17-24(28)6)25-8-10-26(11-9-25)31-13-12-30(7)18-31;1-4(6)3-5(2)7;/h8-17H,18H2,1-7H3;3H2,1-2H3;/q;;+2. The number of Topliss-reactive ketones (excluding diaryl/α,β-unsaturated/α-hetero) is 2. The summed E-state index contributed by atoms with van der Waals surface area (Å²) in [5.74, 6) is -0.125. The summed E-state index contributed by atoms with van der Waals surface area (Å²) < 4.78 is 0. The molecule has 0 aromatic heterocycles. The van der Waals surface area contributed by atoms with E-state index in [4.69, 9.17) is 0 Å². The van der Waals surface area contributed by atoms with E-state index in [2.05, 4.69) is 119 Å². The van der Waals surface area contributed by atoms with E-state index in [-0.39, 0.29) is 45.8 Å². The molecular weight excluding hydrogens is 662 g/mol. The number of ketones is 2. The molecule has 39 heavy (non-hydrogen) atoms. The van der Waals surface area contributed by atoms with Gasteiger partial charge >= 0.3 is 21.1 Å². The SMILES string of the molecule is CC(=O)CC(C)=O.Cc1cc(C)c(B(c2ccc(N3C=CN(C)C3)cc2)c2c(C)cc(C)cc2C)c(C)c1.[Pt+2]. The first-order valence-corrected chi connectivity index (χ1v) is 13.3. The zero-order valence-electron chi connectivity index (χ0n) is 24.8. The van der Waals surface area contributed by atoms with Gasteiger partial charge < -0.3 is 9.80 Å². The fraction of sp³-hybridized carbons (Fsp3) is 0.333. The normalized spacial score (nSPS) is 12.0. The van der Waals surface area contributed by atoms with Gasteiger partial charge in [-0.2, -0.15) is 0 Å². The molecule has 0 saturated heterocycles. The number of anilines is 1. The zero-order chi connectivity index (χ0) is 28.1. The Labute approximate surface area is 249 Å². The van der Waals surface area contributed by atoms with E-state index in [1.54, 1.807) is 0 Å². The van der Waals surface area contributed by atoms with Gasteiger partial charge in [0, 0.05) is 25.1 Å². The van der Waals surface area contributed by atoms with Crippen LogP contribution in [-0.4, -0.2) is 36.9 Å². The van der Waals surface area contributed by atoms with Crippen LogP contribution in [0.15, 0.2) is 60.9 Å². The van der Waals surface area contributed by atoms with Gasteiger partial charge in [0.25, 0.3) is 0 Å². The molecule has 0 amide bonds. The van der Waals surface area contributed by atoms with Gasteiger partial charge in [-0.15, -0.1) is 0 Å². The van der Waals surface area contributed by atoms with Crippen LogP contribution in [0, 0.1) is 41.5 Å². The average Bonchev–Trinajstić information content (AvgIpc) is 3.22. The first kappa shape index (κ1) is 32.3. The van der Waals surface area contributed by atoms with Crippen molar-refractivity contribution in [3.8, 4) is 0 Å². The predicted molar refractivity (Wildman–Crippen MR) is 163 cm³/mol. The van der Waals surface area contributed by atoms with Crippen LogP contribution in [0.1, 0.15) is 53.6 Å². The molecule has 0 radical (unpaired) electrons. The summed E-state index contributed by atoms with van der Waals surface area (Å²) in [4.78, 5) is 24.5. The van der Waals surface area contributed by atoms with Crippen molar-refractivity contribution in [1.29, 1.82) is 0 Å². The molecule has 0 unspecified atom stereocenters. The van der Waals surface area contributed by atoms with Gasteiger partial charge in [0.2, 0.25) is 6.71 Å². The number of nitrogens with zero attached hydrogens (tertiary/aromatic N) is 2. The summed E-state index contributed by atoms with van der Waals surface area (Å²) in [6, 6.07) is 18.5. The van der Waals surface area contributed by atoms with Crippen LogP contribution in [0.2, 0.25) is 0 Å². The van der Waals surface area contributed by atoms with Crippen molar-refractivity contribution in [2.24, 2.45) is 0 Å². The number of benzene rings is 3. The van der Waals surface area contributed by atoms with Crippen LogP contribution >= 0.6 is 0 Å². The molecule has 0 atom stereocenters. The molecule has 1 aliphatic rings. The second kappa shape index (κ2) is 13.9. The van der Waals surface area contributed by atoms with Gasteiger partial charge in [-0.05, 0) is 67.5 Å². The summed E-state index contributed by atoms with van der Waals surface area (Å²) >= 11 is 0. The molecule has 6 heteroatoms. The topological polar surface area (TPSA) is 40.6 Å². The molecule has 0 fully saturated rings. The molecule has 4 rings (SSSR count). The van der Waals surface area contributed by atoms with Crippen LogP contribution < -0.4 is 21.3 Å². The summed E-state index contributed by atoms with van der Waals surface area (Å²) in [6.45, 7) is 17.4. The maximum absolute atomic E-state index is 10.0. The molecule has 1 heterocycles. The van der Waals surface area contributed by atoms with Gasteiger partial charge in [0.05, 0.1) is 13.1 Å². The molecule has 206 valence electrons. The van der Waals surface area contributed by atoms with Crippen LogP contribution in [0.5, 0.6) is 0 Å². The molecule has 0 N–H and O–H groups in total. The third kappa shape index (κ3) is 8.29. The Kier molecular flexibility index (Phi) is 11.5. The summed E-state index contributed by atoms with van der Waals surface area (Å²) in [7, 11) is 2.10. The Morgan fingerprint density at radius 3 is 1.44 bits per heavy atom. The third-order valence-corrected chi connectivity index (χ3v) is 6.99. The Morgan fingerprint density at radius 2 is 1.13 bits per heavy atom. The van der Waals surface area contributed by atoms with Gasteiger partial charge in [-0.3, -0.25) is 9.59 Å². The molecule has 3 aromatic rings. The minimum atomic E-state index is -0.0625. The van der Waals surface area contributed by atoms with E-state index in [1.807, 2.05) is 0 Å². The number of carbonyl (C=O) groups is 2. The Bertz CT molecular complexity index is 1250. The second-order valence-electron chi connectivity index (χ2n) is 10.9. The molecule has 0 bridgehead atoms. The molecule has 0 spiro atoms. The van der Waals surface area contributed by atoms with Crippen LogP contribution in [-0.2, 0) is 30.7 Å². The van der Waals surface area contributed by atoms with Crippen molar-refractivity contribution < 1.29 is 30.7 Å². The van der Waals surface area contributed by atoms with Crippen molar-refractivity contribution in [1.82, 2.24) is 4.90 Å². The van der Waals surface area contributed by atoms with Crippen molar-refractivity contribution in [2.75, 3.05) is 18.6 Å². The van der Waals surface area contributed by atoms with E-state index in [1.165, 1.54) is 69.3 Å². The molecule has 4 nitrogen and oxygen atoms in total. The Balaban J connectivity index is 0.000000592. The number of aryl methyl sites for hydroxylation is 6. The van der Waals surface area contributed by atoms with E-state index < -0.39 is 0 Å². The van der Waals surface area contributed by atoms with Gasteiger partial charge in [-0.1, -0.05) is 86.2 Å². The van der Waals surface area contributed by atoms with Crippen molar-refractivity contribution in [3.63, 3.8) is 0 Å². The average molecular weight is 704 g/mol. The fourth-order valence-electron chi connectivity index (χ4n) is 5.68. The fourth-order valence-corrected chi connectivity index (χ4v) is 5.68. The smallest absolute Gasteiger partial charge is 0.361 e. The Morgan fingerprint density at radius 1 is 0.718 bits per heavy atom. The molecule has 0 saturated carbocycles. The zero-order valence-corrected chi connectivity index (χ0v) is 27.1. The van der Waals surface area contributed by atoms with Crippen molar-refractivity contribution >= 4 is 40.4 Å². The van der Waals surface area contributed by atoms with E-state index >= 15 is 0 Å². The molecule has 3 aromatic carbocycles. The largest absolute Gasteiger partial charge is 2.00 e. The van der Waals surface area contributed by atoms with Gasteiger partial charge in [0.15, 0.2) is 0 Å². The second-order valence-corrected chi connectivity index (χ2v) is 10.9. The van der Waals surface area contributed by atoms with Crippen molar-refractivity contribution in [2.45, 2.75) is 61.8 Å². The van der Waals surface area contributed by atoms with E-state index in [0.29, 0.717) is 0 Å². The number of carbonyl (C=O) groups excluding carboxylic acids is 2. The summed E-state index contributed by atoms with van der Waals surface area (Å²) in [6.07, 6.45) is 4.35. The number of rotatable bonds is 6. The quantitative estimate of drug-likeness (QED) is 0.274. The Hall–Kier alpha value is -2.91. The first-order chi connectivity index (χ1) is 17.9. The van der Waals surface area contributed by atoms with E-state index in [9.17, 15) is 9.59 Å². The number of hydrogen-bond acceptors (Lipinski definition) is 4. The minimum absolute atomic E-state index is 0.